The summed E-state index contributed by atoms with van der Waals surface area (Å²) in [6.45, 7) is 6.05. The molecule has 5 heteroatoms. The van der Waals surface area contributed by atoms with Gasteiger partial charge in [-0.05, 0) is 42.5 Å². The van der Waals surface area contributed by atoms with Crippen molar-refractivity contribution in [3.05, 3.63) is 101 Å². The molecule has 1 aliphatic heterocycles. The van der Waals surface area contributed by atoms with Crippen molar-refractivity contribution in [1.29, 1.82) is 0 Å². The number of ether oxygens (including phenoxy) is 2. The minimum Gasteiger partial charge on any atom is -0.492 e. The Hall–Kier alpha value is -2.76. The molecule has 0 radical (unpaired) electrons. The normalized spacial score (nSPS) is 14.2. The molecule has 1 unspecified atom stereocenters. The average molecular weight is 435 g/mol. The first kappa shape index (κ1) is 21.5. The van der Waals surface area contributed by atoms with Crippen molar-refractivity contribution >= 4 is 11.3 Å². The fourth-order valence-electron chi connectivity index (χ4n) is 3.57. The summed E-state index contributed by atoms with van der Waals surface area (Å²) in [7, 11) is 0. The largest absolute Gasteiger partial charge is 0.492 e. The van der Waals surface area contributed by atoms with Crippen LogP contribution in [0.15, 0.2) is 84.5 Å². The molecule has 0 spiro atoms. The van der Waals surface area contributed by atoms with Gasteiger partial charge in [-0.1, -0.05) is 54.1 Å². The van der Waals surface area contributed by atoms with Gasteiger partial charge in [-0.3, -0.25) is 0 Å². The second kappa shape index (κ2) is 11.0. The van der Waals surface area contributed by atoms with Crippen molar-refractivity contribution in [2.75, 3.05) is 33.0 Å². The van der Waals surface area contributed by atoms with E-state index in [0.717, 1.165) is 38.5 Å². The predicted octanol–water partition coefficient (Wildman–Crippen LogP) is 5.48. The zero-order chi connectivity index (χ0) is 21.3. The maximum atomic E-state index is 6.33. The molecule has 162 valence electrons. The molecule has 2 heterocycles. The summed E-state index contributed by atoms with van der Waals surface area (Å²) in [6.07, 6.45) is 5.32. The van der Waals surface area contributed by atoms with Crippen LogP contribution in [0.25, 0.3) is 0 Å². The van der Waals surface area contributed by atoms with Crippen LogP contribution in [0.4, 0.5) is 0 Å². The van der Waals surface area contributed by atoms with Crippen molar-refractivity contribution in [2.24, 2.45) is 0 Å². The van der Waals surface area contributed by atoms with Gasteiger partial charge in [0.1, 0.15) is 18.5 Å². The molecule has 0 saturated carbocycles. The Morgan fingerprint density at radius 1 is 0.903 bits per heavy atom. The Morgan fingerprint density at radius 3 is 2.48 bits per heavy atom. The Morgan fingerprint density at radius 2 is 1.71 bits per heavy atom. The molecule has 0 saturated heterocycles. The summed E-state index contributed by atoms with van der Waals surface area (Å²) in [6, 6.07) is 23.0. The van der Waals surface area contributed by atoms with Gasteiger partial charge in [-0.2, -0.15) is 0 Å². The van der Waals surface area contributed by atoms with Crippen LogP contribution in [-0.2, 0) is 11.2 Å². The molecule has 2 aromatic carbocycles. The number of hydrogen-bond acceptors (Lipinski definition) is 5. The third-order valence-corrected chi connectivity index (χ3v) is 6.30. The van der Waals surface area contributed by atoms with Gasteiger partial charge in [-0.25, -0.2) is 0 Å². The van der Waals surface area contributed by atoms with Crippen LogP contribution >= 0.6 is 11.3 Å². The van der Waals surface area contributed by atoms with Crippen LogP contribution in [0.5, 0.6) is 5.75 Å². The van der Waals surface area contributed by atoms with E-state index in [4.69, 9.17) is 9.47 Å². The molecule has 4 rings (SSSR count). The van der Waals surface area contributed by atoms with E-state index in [1.54, 1.807) is 11.3 Å². The van der Waals surface area contributed by atoms with Gasteiger partial charge < -0.3 is 19.3 Å². The van der Waals surface area contributed by atoms with E-state index >= 15 is 0 Å². The molecule has 0 aliphatic carbocycles. The minimum absolute atomic E-state index is 0.0807. The fourth-order valence-corrected chi connectivity index (χ4v) is 4.34. The molecule has 0 fully saturated rings. The van der Waals surface area contributed by atoms with Gasteiger partial charge in [0, 0.05) is 17.3 Å². The van der Waals surface area contributed by atoms with Crippen LogP contribution in [0.2, 0.25) is 0 Å². The lowest BCUT2D eigenvalue weighted by Crippen LogP contribution is -2.31. The number of hydrogen-bond donors (Lipinski definition) is 0. The van der Waals surface area contributed by atoms with E-state index in [9.17, 15) is 0 Å². The van der Waals surface area contributed by atoms with Crippen LogP contribution < -0.4 is 4.74 Å². The lowest BCUT2D eigenvalue weighted by Gasteiger charge is -2.26. The number of rotatable bonds is 11. The van der Waals surface area contributed by atoms with Crippen LogP contribution in [-0.4, -0.2) is 42.8 Å². The molecule has 1 atom stereocenters. The molecule has 4 nitrogen and oxygen atoms in total. The third kappa shape index (κ3) is 6.61. The van der Waals surface area contributed by atoms with E-state index in [1.165, 1.54) is 16.0 Å². The molecule has 3 aromatic rings. The van der Waals surface area contributed by atoms with Crippen LogP contribution in [0, 0.1) is 6.92 Å². The summed E-state index contributed by atoms with van der Waals surface area (Å²) in [5.41, 5.74) is 2.56. The van der Waals surface area contributed by atoms with Gasteiger partial charge in [0.15, 0.2) is 0 Å². The highest BCUT2D eigenvalue weighted by atomic mass is 32.1. The smallest absolute Gasteiger partial charge is 0.119 e. The summed E-state index contributed by atoms with van der Waals surface area (Å²) in [5.74, 6) is 0.926. The summed E-state index contributed by atoms with van der Waals surface area (Å²) in [4.78, 5) is 5.88. The van der Waals surface area contributed by atoms with Gasteiger partial charge >= 0.3 is 0 Å². The van der Waals surface area contributed by atoms with E-state index in [1.807, 2.05) is 12.1 Å². The first-order chi connectivity index (χ1) is 15.3. The molecular formula is C26H30N2O2S. The number of thiophene rings is 1. The zero-order valence-corrected chi connectivity index (χ0v) is 18.8. The molecule has 0 bridgehead atoms. The minimum atomic E-state index is 0.0807. The molecule has 31 heavy (non-hydrogen) atoms. The zero-order valence-electron chi connectivity index (χ0n) is 18.0. The molecule has 1 aliphatic rings. The van der Waals surface area contributed by atoms with E-state index in [0.29, 0.717) is 6.61 Å². The third-order valence-electron chi connectivity index (χ3n) is 5.33. The van der Waals surface area contributed by atoms with Crippen molar-refractivity contribution in [1.82, 2.24) is 9.80 Å². The molecule has 1 aromatic heterocycles. The first-order valence-corrected chi connectivity index (χ1v) is 11.7. The fraction of sp³-hybridized carbons (Fsp3) is 0.308. The van der Waals surface area contributed by atoms with Crippen molar-refractivity contribution in [2.45, 2.75) is 19.4 Å². The maximum absolute atomic E-state index is 6.33. The second-order valence-corrected chi connectivity index (χ2v) is 8.77. The Bertz CT molecular complexity index is 926. The SMILES string of the molecule is Cc1ccc(OCCN2C=CN(CC(OCCc3ccccc3)c3cccs3)C2)cc1. The average Bonchev–Trinajstić information content (AvgIpc) is 3.48. The van der Waals surface area contributed by atoms with E-state index < -0.39 is 0 Å². The van der Waals surface area contributed by atoms with Crippen LogP contribution in [0.3, 0.4) is 0 Å². The van der Waals surface area contributed by atoms with E-state index in [-0.39, 0.29) is 6.10 Å². The lowest BCUT2D eigenvalue weighted by atomic mass is 10.2. The van der Waals surface area contributed by atoms with E-state index in [2.05, 4.69) is 89.1 Å². The highest BCUT2D eigenvalue weighted by Gasteiger charge is 2.20. The summed E-state index contributed by atoms with van der Waals surface area (Å²) in [5, 5.41) is 2.12. The van der Waals surface area contributed by atoms with Gasteiger partial charge in [0.05, 0.1) is 26.4 Å². The second-order valence-electron chi connectivity index (χ2n) is 7.80. The number of benzene rings is 2. The molecule has 0 amide bonds. The van der Waals surface area contributed by atoms with Gasteiger partial charge in [0.2, 0.25) is 0 Å². The topological polar surface area (TPSA) is 24.9 Å². The van der Waals surface area contributed by atoms with Crippen molar-refractivity contribution < 1.29 is 9.47 Å². The quantitative estimate of drug-likeness (QED) is 0.399. The van der Waals surface area contributed by atoms with Gasteiger partial charge in [0.25, 0.3) is 0 Å². The first-order valence-electron chi connectivity index (χ1n) is 10.8. The Labute approximate surface area is 189 Å². The highest BCUT2D eigenvalue weighted by molar-refractivity contribution is 7.10. The van der Waals surface area contributed by atoms with Crippen molar-refractivity contribution in [3.8, 4) is 5.75 Å². The van der Waals surface area contributed by atoms with Crippen molar-refractivity contribution in [3.63, 3.8) is 0 Å². The highest BCUT2D eigenvalue weighted by Crippen LogP contribution is 2.25. The number of aryl methyl sites for hydroxylation is 1. The summed E-state index contributed by atoms with van der Waals surface area (Å²) >= 11 is 1.76. The summed E-state index contributed by atoms with van der Waals surface area (Å²) < 4.78 is 12.2. The molecule has 0 N–H and O–H groups in total. The monoisotopic (exact) mass is 434 g/mol. The lowest BCUT2D eigenvalue weighted by molar-refractivity contribution is 0.0346. The molecular weight excluding hydrogens is 404 g/mol. The number of nitrogens with zero attached hydrogens (tertiary/aromatic N) is 2. The Kier molecular flexibility index (Phi) is 7.64. The Balaban J connectivity index is 1.23. The van der Waals surface area contributed by atoms with Gasteiger partial charge in [-0.15, -0.1) is 11.3 Å². The van der Waals surface area contributed by atoms with Crippen LogP contribution in [0.1, 0.15) is 22.1 Å². The maximum Gasteiger partial charge on any atom is 0.119 e. The predicted molar refractivity (Wildman–Crippen MR) is 127 cm³/mol. The standard InChI is InChI=1S/C26H30N2O2S/c1-22-9-11-24(12-10-22)29-18-16-27-14-15-28(21-27)20-25(26-8-5-19-31-26)30-17-13-23-6-3-2-4-7-23/h2-12,14-15,19,25H,13,16-18,20-21H2,1H3.